The minimum Gasteiger partial charge on any atom is -0.424 e. The molecule has 1 heterocycles. The first-order chi connectivity index (χ1) is 7.79. The number of hydrogen-bond acceptors (Lipinski definition) is 3. The third-order valence-electron chi connectivity index (χ3n) is 2.15. The fourth-order valence-corrected chi connectivity index (χ4v) is 1.55. The first-order valence-corrected chi connectivity index (χ1v) is 5.82. The van der Waals surface area contributed by atoms with Crippen LogP contribution in [0.2, 0.25) is 0 Å². The molecule has 0 aliphatic carbocycles. The number of aryl methyl sites for hydroxylation is 1. The average molecular weight is 279 g/mol. The van der Waals surface area contributed by atoms with Crippen molar-refractivity contribution in [1.82, 2.24) is 9.97 Å². The fourth-order valence-electron chi connectivity index (χ4n) is 1.35. The van der Waals surface area contributed by atoms with Crippen molar-refractivity contribution in [2.24, 2.45) is 0 Å². The van der Waals surface area contributed by atoms with Gasteiger partial charge in [-0.3, -0.25) is 0 Å². The third-order valence-corrected chi connectivity index (χ3v) is 2.56. The molecule has 0 saturated carbocycles. The Bertz CT molecular complexity index is 471. The van der Waals surface area contributed by atoms with Gasteiger partial charge in [0.1, 0.15) is 5.75 Å². The van der Waals surface area contributed by atoms with Crippen LogP contribution in [0.25, 0.3) is 0 Å². The zero-order chi connectivity index (χ0) is 11.4. The Kier molecular flexibility index (Phi) is 3.51. The lowest BCUT2D eigenvalue weighted by Crippen LogP contribution is -1.94. The zero-order valence-electron chi connectivity index (χ0n) is 8.85. The molecule has 2 rings (SSSR count). The Morgan fingerprint density at radius 2 is 1.88 bits per heavy atom. The van der Waals surface area contributed by atoms with E-state index in [0.717, 1.165) is 22.2 Å². The fraction of sp³-hybridized carbons (Fsp3) is 0.167. The summed E-state index contributed by atoms with van der Waals surface area (Å²) >= 11 is 3.28. The second-order valence-corrected chi connectivity index (χ2v) is 4.16. The molecule has 0 amide bonds. The standard InChI is InChI=1S/C12H11BrN2O/c1-2-9-5-3-4-6-11(9)16-12-14-7-10(13)8-15-12/h3-8H,2H2,1H3. The van der Waals surface area contributed by atoms with E-state index in [1.807, 2.05) is 24.3 Å². The normalized spacial score (nSPS) is 10.1. The van der Waals surface area contributed by atoms with Gasteiger partial charge in [0.15, 0.2) is 0 Å². The second-order valence-electron chi connectivity index (χ2n) is 3.25. The van der Waals surface area contributed by atoms with E-state index >= 15 is 0 Å². The van der Waals surface area contributed by atoms with Crippen LogP contribution in [0.5, 0.6) is 11.8 Å². The number of halogens is 1. The van der Waals surface area contributed by atoms with Crippen molar-refractivity contribution < 1.29 is 4.74 Å². The number of rotatable bonds is 3. The molecule has 1 aromatic heterocycles. The Labute approximate surface area is 103 Å². The molecule has 16 heavy (non-hydrogen) atoms. The van der Waals surface area contributed by atoms with Crippen molar-refractivity contribution >= 4 is 15.9 Å². The van der Waals surface area contributed by atoms with Gasteiger partial charge in [-0.05, 0) is 34.0 Å². The Morgan fingerprint density at radius 1 is 1.19 bits per heavy atom. The molecule has 0 unspecified atom stereocenters. The number of aromatic nitrogens is 2. The van der Waals surface area contributed by atoms with E-state index in [0.29, 0.717) is 6.01 Å². The van der Waals surface area contributed by atoms with Crippen LogP contribution in [0.1, 0.15) is 12.5 Å². The lowest BCUT2D eigenvalue weighted by Gasteiger charge is -2.07. The molecule has 1 aromatic carbocycles. The highest BCUT2D eigenvalue weighted by Crippen LogP contribution is 2.23. The van der Waals surface area contributed by atoms with Crippen molar-refractivity contribution in [2.75, 3.05) is 0 Å². The average Bonchev–Trinajstić information content (AvgIpc) is 2.33. The van der Waals surface area contributed by atoms with Crippen LogP contribution >= 0.6 is 15.9 Å². The van der Waals surface area contributed by atoms with Gasteiger partial charge in [0.25, 0.3) is 0 Å². The number of nitrogens with zero attached hydrogens (tertiary/aromatic N) is 2. The van der Waals surface area contributed by atoms with Gasteiger partial charge in [0.05, 0.1) is 4.47 Å². The number of ether oxygens (including phenoxy) is 1. The van der Waals surface area contributed by atoms with Gasteiger partial charge in [-0.1, -0.05) is 25.1 Å². The smallest absolute Gasteiger partial charge is 0.321 e. The molecule has 0 spiro atoms. The Balaban J connectivity index is 2.23. The van der Waals surface area contributed by atoms with E-state index in [-0.39, 0.29) is 0 Å². The molecule has 3 nitrogen and oxygen atoms in total. The van der Waals surface area contributed by atoms with Crippen LogP contribution in [-0.4, -0.2) is 9.97 Å². The SMILES string of the molecule is CCc1ccccc1Oc1ncc(Br)cn1. The quantitative estimate of drug-likeness (QED) is 0.861. The van der Waals surface area contributed by atoms with E-state index < -0.39 is 0 Å². The van der Waals surface area contributed by atoms with E-state index in [9.17, 15) is 0 Å². The lowest BCUT2D eigenvalue weighted by molar-refractivity contribution is 0.436. The van der Waals surface area contributed by atoms with E-state index in [4.69, 9.17) is 4.74 Å². The molecule has 0 fully saturated rings. The summed E-state index contributed by atoms with van der Waals surface area (Å²) in [7, 11) is 0. The molecule has 0 saturated heterocycles. The van der Waals surface area contributed by atoms with Crippen molar-refractivity contribution in [3.63, 3.8) is 0 Å². The minimum absolute atomic E-state index is 0.365. The summed E-state index contributed by atoms with van der Waals surface area (Å²) in [6.45, 7) is 2.09. The van der Waals surface area contributed by atoms with Crippen molar-refractivity contribution in [2.45, 2.75) is 13.3 Å². The molecule has 0 radical (unpaired) electrons. The molecular formula is C12H11BrN2O. The van der Waals surface area contributed by atoms with Crippen LogP contribution in [0.3, 0.4) is 0 Å². The summed E-state index contributed by atoms with van der Waals surface area (Å²) in [6, 6.07) is 8.25. The monoisotopic (exact) mass is 278 g/mol. The Hall–Kier alpha value is -1.42. The molecule has 4 heteroatoms. The largest absolute Gasteiger partial charge is 0.424 e. The summed E-state index contributed by atoms with van der Waals surface area (Å²) in [5.74, 6) is 0.812. The van der Waals surface area contributed by atoms with Gasteiger partial charge < -0.3 is 4.74 Å². The number of hydrogen-bond donors (Lipinski definition) is 0. The second kappa shape index (κ2) is 5.07. The molecule has 0 N–H and O–H groups in total. The first kappa shape index (κ1) is 11.1. The van der Waals surface area contributed by atoms with Gasteiger partial charge in [0, 0.05) is 12.4 Å². The topological polar surface area (TPSA) is 35.0 Å². The summed E-state index contributed by atoms with van der Waals surface area (Å²) < 4.78 is 6.45. The maximum Gasteiger partial charge on any atom is 0.321 e. The van der Waals surface area contributed by atoms with Crippen LogP contribution in [-0.2, 0) is 6.42 Å². The van der Waals surface area contributed by atoms with Gasteiger partial charge in [-0.15, -0.1) is 0 Å². The lowest BCUT2D eigenvalue weighted by atomic mass is 10.1. The van der Waals surface area contributed by atoms with Gasteiger partial charge in [-0.25, -0.2) is 9.97 Å². The van der Waals surface area contributed by atoms with Crippen LogP contribution in [0.15, 0.2) is 41.1 Å². The van der Waals surface area contributed by atoms with Crippen LogP contribution in [0.4, 0.5) is 0 Å². The van der Waals surface area contributed by atoms with Gasteiger partial charge in [-0.2, -0.15) is 0 Å². The van der Waals surface area contributed by atoms with Crippen LogP contribution < -0.4 is 4.74 Å². The van der Waals surface area contributed by atoms with Crippen molar-refractivity contribution in [1.29, 1.82) is 0 Å². The van der Waals surface area contributed by atoms with E-state index in [1.165, 1.54) is 0 Å². The molecule has 0 atom stereocenters. The predicted octanol–water partition coefficient (Wildman–Crippen LogP) is 3.59. The highest BCUT2D eigenvalue weighted by Gasteiger charge is 2.04. The highest BCUT2D eigenvalue weighted by molar-refractivity contribution is 9.10. The third kappa shape index (κ3) is 2.58. The molecule has 82 valence electrons. The molecule has 0 aliphatic heterocycles. The van der Waals surface area contributed by atoms with Crippen molar-refractivity contribution in [3.05, 3.63) is 46.7 Å². The number of benzene rings is 1. The Morgan fingerprint density at radius 3 is 2.56 bits per heavy atom. The molecule has 2 aromatic rings. The molecular weight excluding hydrogens is 268 g/mol. The summed E-state index contributed by atoms with van der Waals surface area (Å²) in [4.78, 5) is 8.14. The summed E-state index contributed by atoms with van der Waals surface area (Å²) in [6.07, 6.45) is 4.25. The summed E-state index contributed by atoms with van der Waals surface area (Å²) in [5, 5.41) is 0. The maximum absolute atomic E-state index is 5.61. The van der Waals surface area contributed by atoms with E-state index in [2.05, 4.69) is 32.8 Å². The predicted molar refractivity (Wildman–Crippen MR) is 65.6 cm³/mol. The molecule has 0 bridgehead atoms. The van der Waals surface area contributed by atoms with Gasteiger partial charge >= 0.3 is 6.01 Å². The van der Waals surface area contributed by atoms with E-state index in [1.54, 1.807) is 12.4 Å². The van der Waals surface area contributed by atoms with Crippen LogP contribution in [0, 0.1) is 0 Å². The molecule has 0 aliphatic rings. The number of para-hydroxylation sites is 1. The highest BCUT2D eigenvalue weighted by atomic mass is 79.9. The summed E-state index contributed by atoms with van der Waals surface area (Å²) in [5.41, 5.74) is 1.15. The van der Waals surface area contributed by atoms with Crippen molar-refractivity contribution in [3.8, 4) is 11.8 Å². The minimum atomic E-state index is 0.365. The zero-order valence-corrected chi connectivity index (χ0v) is 10.4. The first-order valence-electron chi connectivity index (χ1n) is 5.03. The van der Waals surface area contributed by atoms with Gasteiger partial charge in [0.2, 0.25) is 0 Å². The maximum atomic E-state index is 5.61.